The van der Waals surface area contributed by atoms with Crippen LogP contribution in [-0.2, 0) is 11.2 Å². The second kappa shape index (κ2) is 5.96. The van der Waals surface area contributed by atoms with E-state index in [0.717, 1.165) is 29.8 Å². The van der Waals surface area contributed by atoms with Crippen LogP contribution < -0.4 is 5.32 Å². The zero-order valence-electron chi connectivity index (χ0n) is 12.3. The second-order valence-corrected chi connectivity index (χ2v) is 8.46. The Labute approximate surface area is 130 Å². The molecule has 2 heterocycles. The Balaban J connectivity index is 1.78. The highest BCUT2D eigenvalue weighted by Crippen LogP contribution is 2.49. The van der Waals surface area contributed by atoms with Crippen LogP contribution in [0.5, 0.6) is 0 Å². The number of halogens is 1. The lowest BCUT2D eigenvalue weighted by molar-refractivity contribution is 0.0302. The van der Waals surface area contributed by atoms with Gasteiger partial charge in [0.05, 0.1) is 10.4 Å². The van der Waals surface area contributed by atoms with Gasteiger partial charge < -0.3 is 10.1 Å². The topological polar surface area (TPSA) is 21.3 Å². The van der Waals surface area contributed by atoms with Crippen LogP contribution in [-0.4, -0.2) is 25.3 Å². The van der Waals surface area contributed by atoms with Crippen molar-refractivity contribution in [1.82, 2.24) is 5.32 Å². The van der Waals surface area contributed by atoms with Gasteiger partial charge in [-0.25, -0.2) is 0 Å². The number of thiophene rings is 1. The summed E-state index contributed by atoms with van der Waals surface area (Å²) in [6.45, 7) is 6.41. The molecule has 1 aliphatic carbocycles. The maximum atomic E-state index is 6.14. The van der Waals surface area contributed by atoms with E-state index in [1.807, 2.05) is 6.07 Å². The molecular weight excluding hydrogens is 290 g/mol. The molecule has 0 radical (unpaired) electrons. The number of nitrogens with one attached hydrogen (secondary N) is 1. The van der Waals surface area contributed by atoms with Crippen LogP contribution >= 0.6 is 22.9 Å². The van der Waals surface area contributed by atoms with E-state index in [-0.39, 0.29) is 5.41 Å². The molecule has 0 amide bonds. The molecule has 2 fully saturated rings. The molecule has 1 aromatic rings. The molecule has 0 bridgehead atoms. The largest absolute Gasteiger partial charge is 0.377 e. The Morgan fingerprint density at radius 3 is 2.85 bits per heavy atom. The van der Waals surface area contributed by atoms with Crippen LogP contribution in [0.4, 0.5) is 0 Å². The van der Waals surface area contributed by atoms with Crippen LogP contribution in [0.2, 0.25) is 4.34 Å². The summed E-state index contributed by atoms with van der Waals surface area (Å²) in [5.41, 5.74) is 0.264. The SMILES string of the molecule is CC(C)NCC1(Cc2ccc(Cl)s2)CCOC1C1CC1. The fraction of sp³-hybridized carbons (Fsp3) is 0.750. The van der Waals surface area contributed by atoms with Gasteiger partial charge in [-0.3, -0.25) is 0 Å². The molecular formula is C16H24ClNOS. The van der Waals surface area contributed by atoms with E-state index in [0.29, 0.717) is 12.1 Å². The molecule has 0 aromatic carbocycles. The molecule has 20 heavy (non-hydrogen) atoms. The van der Waals surface area contributed by atoms with Gasteiger partial charge in [0.2, 0.25) is 0 Å². The van der Waals surface area contributed by atoms with Crippen molar-refractivity contribution in [1.29, 1.82) is 0 Å². The van der Waals surface area contributed by atoms with Crippen molar-refractivity contribution < 1.29 is 4.74 Å². The van der Waals surface area contributed by atoms with Crippen LogP contribution in [0.25, 0.3) is 0 Å². The monoisotopic (exact) mass is 313 g/mol. The Bertz CT molecular complexity index is 457. The molecule has 112 valence electrons. The minimum absolute atomic E-state index is 0.264. The highest BCUT2D eigenvalue weighted by molar-refractivity contribution is 7.16. The Morgan fingerprint density at radius 1 is 1.45 bits per heavy atom. The Hall–Kier alpha value is -0.0900. The summed E-state index contributed by atoms with van der Waals surface area (Å²) in [5, 5.41) is 3.66. The first-order valence-corrected chi connectivity index (χ1v) is 8.88. The minimum Gasteiger partial charge on any atom is -0.377 e. The van der Waals surface area contributed by atoms with E-state index >= 15 is 0 Å². The molecule has 1 N–H and O–H groups in total. The average Bonchev–Trinajstić information content (AvgIpc) is 3.04. The molecule has 1 aromatic heterocycles. The highest BCUT2D eigenvalue weighted by atomic mass is 35.5. The van der Waals surface area contributed by atoms with Crippen molar-refractivity contribution in [3.63, 3.8) is 0 Å². The van der Waals surface area contributed by atoms with E-state index in [9.17, 15) is 0 Å². The van der Waals surface area contributed by atoms with Gasteiger partial charge in [0.1, 0.15) is 0 Å². The molecule has 3 rings (SSSR count). The molecule has 4 heteroatoms. The maximum Gasteiger partial charge on any atom is 0.0931 e. The van der Waals surface area contributed by atoms with Crippen LogP contribution in [0.1, 0.15) is 38.0 Å². The van der Waals surface area contributed by atoms with E-state index in [1.54, 1.807) is 11.3 Å². The molecule has 1 saturated heterocycles. The van der Waals surface area contributed by atoms with Crippen molar-refractivity contribution in [3.05, 3.63) is 21.3 Å². The summed E-state index contributed by atoms with van der Waals surface area (Å²) in [7, 11) is 0. The predicted octanol–water partition coefficient (Wildman–Crippen LogP) is 4.13. The van der Waals surface area contributed by atoms with Gasteiger partial charge in [0, 0.05) is 29.5 Å². The van der Waals surface area contributed by atoms with Gasteiger partial charge in [0.25, 0.3) is 0 Å². The highest BCUT2D eigenvalue weighted by Gasteiger charge is 2.50. The van der Waals surface area contributed by atoms with E-state index in [4.69, 9.17) is 16.3 Å². The lowest BCUT2D eigenvalue weighted by Gasteiger charge is -2.35. The van der Waals surface area contributed by atoms with Crippen molar-refractivity contribution in [3.8, 4) is 0 Å². The van der Waals surface area contributed by atoms with Gasteiger partial charge in [-0.2, -0.15) is 0 Å². The van der Waals surface area contributed by atoms with Crippen molar-refractivity contribution in [2.45, 2.75) is 51.7 Å². The summed E-state index contributed by atoms with van der Waals surface area (Å²) in [4.78, 5) is 1.40. The van der Waals surface area contributed by atoms with E-state index in [2.05, 4.69) is 25.2 Å². The summed E-state index contributed by atoms with van der Waals surface area (Å²) in [5.74, 6) is 0.793. The molecule has 1 saturated carbocycles. The standard InChI is InChI=1S/C16H24ClNOS/c1-11(2)18-10-16(9-13-5-6-14(17)20-13)7-8-19-15(16)12-3-4-12/h5-6,11-12,15,18H,3-4,7-10H2,1-2H3. The second-order valence-electron chi connectivity index (χ2n) is 6.66. The summed E-state index contributed by atoms with van der Waals surface area (Å²) in [6, 6.07) is 4.73. The normalized spacial score (nSPS) is 30.3. The third kappa shape index (κ3) is 3.22. The molecule has 2 atom stereocenters. The van der Waals surface area contributed by atoms with Crippen LogP contribution in [0.3, 0.4) is 0 Å². The zero-order valence-corrected chi connectivity index (χ0v) is 13.9. The van der Waals surface area contributed by atoms with Crippen molar-refractivity contribution in [2.24, 2.45) is 11.3 Å². The summed E-state index contributed by atoms with van der Waals surface area (Å²) < 4.78 is 7.03. The summed E-state index contributed by atoms with van der Waals surface area (Å²) in [6.07, 6.45) is 5.41. The Kier molecular flexibility index (Phi) is 4.42. The third-order valence-corrected chi connectivity index (χ3v) is 5.80. The average molecular weight is 314 g/mol. The molecule has 2 nitrogen and oxygen atoms in total. The van der Waals surface area contributed by atoms with Crippen molar-refractivity contribution >= 4 is 22.9 Å². The smallest absolute Gasteiger partial charge is 0.0931 e. The zero-order chi connectivity index (χ0) is 14.2. The van der Waals surface area contributed by atoms with Crippen LogP contribution in [0.15, 0.2) is 12.1 Å². The fourth-order valence-corrected chi connectivity index (χ4v) is 4.63. The first-order valence-electron chi connectivity index (χ1n) is 7.68. The molecule has 0 spiro atoms. The molecule has 1 aliphatic heterocycles. The first-order chi connectivity index (χ1) is 9.59. The minimum atomic E-state index is 0.264. The van der Waals surface area contributed by atoms with Crippen molar-refractivity contribution in [2.75, 3.05) is 13.2 Å². The van der Waals surface area contributed by atoms with Gasteiger partial charge in [0.15, 0.2) is 0 Å². The number of ether oxygens (including phenoxy) is 1. The molecule has 2 unspecified atom stereocenters. The number of hydrogen-bond acceptors (Lipinski definition) is 3. The quantitative estimate of drug-likeness (QED) is 0.852. The van der Waals surface area contributed by atoms with Gasteiger partial charge in [-0.1, -0.05) is 25.4 Å². The molecule has 2 aliphatic rings. The first kappa shape index (κ1) is 14.8. The number of hydrogen-bond donors (Lipinski definition) is 1. The van der Waals surface area contributed by atoms with E-state index < -0.39 is 0 Å². The van der Waals surface area contributed by atoms with Crippen LogP contribution in [0, 0.1) is 11.3 Å². The van der Waals surface area contributed by atoms with Gasteiger partial charge in [-0.05, 0) is 43.7 Å². The van der Waals surface area contributed by atoms with Gasteiger partial charge >= 0.3 is 0 Å². The predicted molar refractivity (Wildman–Crippen MR) is 85.7 cm³/mol. The van der Waals surface area contributed by atoms with Gasteiger partial charge in [-0.15, -0.1) is 11.3 Å². The Morgan fingerprint density at radius 2 is 2.25 bits per heavy atom. The lowest BCUT2D eigenvalue weighted by atomic mass is 9.75. The van der Waals surface area contributed by atoms with E-state index in [1.165, 1.54) is 24.1 Å². The number of rotatable bonds is 6. The third-order valence-electron chi connectivity index (χ3n) is 4.57. The lowest BCUT2D eigenvalue weighted by Crippen LogP contribution is -2.45. The maximum absolute atomic E-state index is 6.14. The summed E-state index contributed by atoms with van der Waals surface area (Å²) >= 11 is 7.83. The fourth-order valence-electron chi connectivity index (χ4n) is 3.38.